The highest BCUT2D eigenvalue weighted by molar-refractivity contribution is 7.10. The molecule has 0 radical (unpaired) electrons. The predicted molar refractivity (Wildman–Crippen MR) is 43.6 cm³/mol. The van der Waals surface area contributed by atoms with Crippen LogP contribution >= 0.6 is 11.3 Å². The Balaban J connectivity index is 2.90. The van der Waals surface area contributed by atoms with E-state index >= 15 is 0 Å². The molecule has 0 bridgehead atoms. The van der Waals surface area contributed by atoms with Crippen molar-refractivity contribution in [2.45, 2.75) is 6.04 Å². The van der Waals surface area contributed by atoms with E-state index in [1.54, 1.807) is 5.38 Å². The summed E-state index contributed by atoms with van der Waals surface area (Å²) in [5.74, 6) is -1.09. The van der Waals surface area contributed by atoms with Crippen LogP contribution in [-0.4, -0.2) is 11.1 Å². The second kappa shape index (κ2) is 3.34. The minimum Gasteiger partial charge on any atom is -0.480 e. The summed E-state index contributed by atoms with van der Waals surface area (Å²) in [6, 6.07) is 2.38. The van der Waals surface area contributed by atoms with Gasteiger partial charge in [-0.05, 0) is 17.0 Å². The normalized spacial score (nSPS) is 12.0. The van der Waals surface area contributed by atoms with Gasteiger partial charge in [-0.1, -0.05) is 0 Å². The molecule has 1 aromatic heterocycles. The highest BCUT2D eigenvalue weighted by Crippen LogP contribution is 2.18. The summed E-state index contributed by atoms with van der Waals surface area (Å²) in [7, 11) is 0. The first-order chi connectivity index (χ1) is 5.65. The maximum atomic E-state index is 10.4. The molecule has 0 aliphatic rings. The van der Waals surface area contributed by atoms with E-state index in [1.165, 1.54) is 17.4 Å². The molecule has 0 saturated carbocycles. The van der Waals surface area contributed by atoms with Crippen LogP contribution in [0, 0.1) is 11.3 Å². The van der Waals surface area contributed by atoms with Crippen LogP contribution in [0.1, 0.15) is 16.5 Å². The van der Waals surface area contributed by atoms with Gasteiger partial charge < -0.3 is 10.8 Å². The van der Waals surface area contributed by atoms with E-state index < -0.39 is 12.0 Å². The molecule has 62 valence electrons. The fraction of sp³-hybridized carbons (Fsp3) is 0.143. The lowest BCUT2D eigenvalue weighted by molar-refractivity contribution is -0.138. The lowest BCUT2D eigenvalue weighted by Crippen LogP contribution is -2.19. The molecule has 0 aromatic carbocycles. The monoisotopic (exact) mass is 182 g/mol. The number of hydrogen-bond donors (Lipinski definition) is 2. The van der Waals surface area contributed by atoms with Gasteiger partial charge in [0.2, 0.25) is 0 Å². The summed E-state index contributed by atoms with van der Waals surface area (Å²) in [4.78, 5) is 10.9. The number of carboxylic acid groups (broad SMARTS) is 1. The average Bonchev–Trinajstić information content (AvgIpc) is 2.50. The molecular formula is C7H6N2O2S. The minimum atomic E-state index is -1.09. The minimum absolute atomic E-state index is 0.474. The van der Waals surface area contributed by atoms with Gasteiger partial charge in [0.1, 0.15) is 17.0 Å². The van der Waals surface area contributed by atoms with Crippen LogP contribution in [0.3, 0.4) is 0 Å². The first-order valence-electron chi connectivity index (χ1n) is 3.12. The zero-order valence-electron chi connectivity index (χ0n) is 6.02. The number of rotatable bonds is 2. The molecule has 0 fully saturated rings. The third kappa shape index (κ3) is 1.61. The van der Waals surface area contributed by atoms with E-state index in [4.69, 9.17) is 16.1 Å². The highest BCUT2D eigenvalue weighted by Gasteiger charge is 2.15. The predicted octanol–water partition coefficient (Wildman–Crippen LogP) is 0.704. The summed E-state index contributed by atoms with van der Waals surface area (Å²) in [5, 5.41) is 18.5. The molecule has 5 heteroatoms. The Kier molecular flexibility index (Phi) is 2.43. The van der Waals surface area contributed by atoms with Gasteiger partial charge in [0.25, 0.3) is 0 Å². The standard InChI is InChI=1S/C7H6N2O2S/c8-2-5-1-4(3-12-5)6(9)7(10)11/h1,3,6H,9H2,(H,10,11)/t6-/m0/s1. The second-order valence-corrected chi connectivity index (χ2v) is 3.08. The number of hydrogen-bond acceptors (Lipinski definition) is 4. The molecule has 0 aliphatic heterocycles. The summed E-state index contributed by atoms with van der Waals surface area (Å²) in [6.45, 7) is 0. The van der Waals surface area contributed by atoms with E-state index in [9.17, 15) is 4.79 Å². The molecule has 1 rings (SSSR count). The molecule has 4 nitrogen and oxygen atoms in total. The smallest absolute Gasteiger partial charge is 0.325 e. The van der Waals surface area contributed by atoms with Crippen molar-refractivity contribution in [3.05, 3.63) is 21.9 Å². The fourth-order valence-electron chi connectivity index (χ4n) is 0.715. The Morgan fingerprint density at radius 2 is 2.50 bits per heavy atom. The van der Waals surface area contributed by atoms with Crippen molar-refractivity contribution >= 4 is 17.3 Å². The third-order valence-electron chi connectivity index (χ3n) is 1.36. The molecule has 3 N–H and O–H groups in total. The lowest BCUT2D eigenvalue weighted by Gasteiger charge is -2.00. The number of nitriles is 1. The molecule has 0 spiro atoms. The van der Waals surface area contributed by atoms with E-state index in [0.717, 1.165) is 0 Å². The van der Waals surface area contributed by atoms with Crippen molar-refractivity contribution in [2.24, 2.45) is 5.73 Å². The Labute approximate surface area is 72.9 Å². The molecular weight excluding hydrogens is 176 g/mol. The van der Waals surface area contributed by atoms with Crippen LogP contribution in [0.2, 0.25) is 0 Å². The molecule has 1 heterocycles. The molecule has 1 aromatic rings. The van der Waals surface area contributed by atoms with Crippen LogP contribution in [0.4, 0.5) is 0 Å². The van der Waals surface area contributed by atoms with Crippen LogP contribution in [0.25, 0.3) is 0 Å². The number of nitrogens with zero attached hydrogens (tertiary/aromatic N) is 1. The van der Waals surface area contributed by atoms with E-state index in [2.05, 4.69) is 0 Å². The van der Waals surface area contributed by atoms with Crippen LogP contribution in [-0.2, 0) is 4.79 Å². The molecule has 1 atom stereocenters. The number of carboxylic acids is 1. The maximum Gasteiger partial charge on any atom is 0.325 e. The number of aliphatic carboxylic acids is 1. The van der Waals surface area contributed by atoms with Gasteiger partial charge in [-0.3, -0.25) is 4.79 Å². The van der Waals surface area contributed by atoms with E-state index in [0.29, 0.717) is 10.4 Å². The van der Waals surface area contributed by atoms with Gasteiger partial charge in [0.15, 0.2) is 0 Å². The Bertz CT molecular complexity index is 339. The SMILES string of the molecule is N#Cc1cc([C@H](N)C(=O)O)cs1. The summed E-state index contributed by atoms with van der Waals surface area (Å²) < 4.78 is 0. The topological polar surface area (TPSA) is 87.1 Å². The van der Waals surface area contributed by atoms with Crippen molar-refractivity contribution in [1.29, 1.82) is 5.26 Å². The van der Waals surface area contributed by atoms with Crippen molar-refractivity contribution in [3.63, 3.8) is 0 Å². The molecule has 0 unspecified atom stereocenters. The van der Waals surface area contributed by atoms with Gasteiger partial charge in [-0.25, -0.2) is 0 Å². The van der Waals surface area contributed by atoms with E-state index in [1.807, 2.05) is 6.07 Å². The second-order valence-electron chi connectivity index (χ2n) is 2.17. The molecule has 0 amide bonds. The first-order valence-corrected chi connectivity index (χ1v) is 4.00. The zero-order chi connectivity index (χ0) is 9.14. The number of nitrogens with two attached hydrogens (primary N) is 1. The van der Waals surface area contributed by atoms with Gasteiger partial charge in [0.05, 0.1) is 0 Å². The number of thiophene rings is 1. The zero-order valence-corrected chi connectivity index (χ0v) is 6.84. The van der Waals surface area contributed by atoms with Gasteiger partial charge in [-0.15, -0.1) is 11.3 Å². The molecule has 12 heavy (non-hydrogen) atoms. The third-order valence-corrected chi connectivity index (χ3v) is 2.21. The highest BCUT2D eigenvalue weighted by atomic mass is 32.1. The quantitative estimate of drug-likeness (QED) is 0.704. The lowest BCUT2D eigenvalue weighted by atomic mass is 10.1. The fourth-order valence-corrected chi connectivity index (χ4v) is 1.45. The molecule has 0 aliphatic carbocycles. The van der Waals surface area contributed by atoms with Crippen molar-refractivity contribution in [2.75, 3.05) is 0 Å². The molecule has 0 saturated heterocycles. The number of carbonyl (C=O) groups is 1. The van der Waals surface area contributed by atoms with Crippen molar-refractivity contribution in [3.8, 4) is 6.07 Å². The van der Waals surface area contributed by atoms with Crippen molar-refractivity contribution < 1.29 is 9.90 Å². The van der Waals surface area contributed by atoms with Crippen molar-refractivity contribution in [1.82, 2.24) is 0 Å². The summed E-state index contributed by atoms with van der Waals surface area (Å²) >= 11 is 1.19. The first kappa shape index (κ1) is 8.71. The van der Waals surface area contributed by atoms with Crippen LogP contribution in [0.5, 0.6) is 0 Å². The Morgan fingerprint density at radius 1 is 1.83 bits per heavy atom. The Morgan fingerprint density at radius 3 is 2.92 bits per heavy atom. The maximum absolute atomic E-state index is 10.4. The summed E-state index contributed by atoms with van der Waals surface area (Å²) in [5.41, 5.74) is 5.78. The largest absolute Gasteiger partial charge is 0.480 e. The van der Waals surface area contributed by atoms with Gasteiger partial charge in [0, 0.05) is 0 Å². The van der Waals surface area contributed by atoms with E-state index in [-0.39, 0.29) is 0 Å². The van der Waals surface area contributed by atoms with Crippen LogP contribution < -0.4 is 5.73 Å². The van der Waals surface area contributed by atoms with Gasteiger partial charge >= 0.3 is 5.97 Å². The van der Waals surface area contributed by atoms with Gasteiger partial charge in [-0.2, -0.15) is 5.26 Å². The average molecular weight is 182 g/mol. The summed E-state index contributed by atoms with van der Waals surface area (Å²) in [6.07, 6.45) is 0. The Hall–Kier alpha value is -1.38. The van der Waals surface area contributed by atoms with Crippen LogP contribution in [0.15, 0.2) is 11.4 Å².